The maximum absolute atomic E-state index is 12.0. The van der Waals surface area contributed by atoms with Crippen LogP contribution in [0.3, 0.4) is 0 Å². The topological polar surface area (TPSA) is 49.9 Å². The molecule has 1 saturated heterocycles. The molecule has 2 heterocycles. The van der Waals surface area contributed by atoms with E-state index >= 15 is 0 Å². The third-order valence-corrected chi connectivity index (χ3v) is 4.25. The van der Waals surface area contributed by atoms with Crippen molar-refractivity contribution in [3.63, 3.8) is 0 Å². The fourth-order valence-corrected chi connectivity index (χ4v) is 2.97. The number of sulfonamides is 1. The molecule has 1 atom stereocenters. The molecule has 1 aromatic carbocycles. The summed E-state index contributed by atoms with van der Waals surface area (Å²) in [5.74, 6) is 0.773. The van der Waals surface area contributed by atoms with Gasteiger partial charge >= 0.3 is 0 Å². The van der Waals surface area contributed by atoms with E-state index in [4.69, 9.17) is 4.74 Å². The second-order valence-corrected chi connectivity index (χ2v) is 5.42. The van der Waals surface area contributed by atoms with Gasteiger partial charge in [-0.1, -0.05) is 18.2 Å². The van der Waals surface area contributed by atoms with Gasteiger partial charge in [0, 0.05) is 0 Å². The van der Waals surface area contributed by atoms with E-state index in [9.17, 15) is 8.42 Å². The van der Waals surface area contributed by atoms with Gasteiger partial charge in [0.2, 0.25) is 0 Å². The predicted octanol–water partition coefficient (Wildman–Crippen LogP) is 0.931. The maximum atomic E-state index is 12.0. The lowest BCUT2D eigenvalue weighted by atomic mass is 10.4. The first-order valence-corrected chi connectivity index (χ1v) is 6.07. The first kappa shape index (κ1) is 8.79. The highest BCUT2D eigenvalue weighted by Gasteiger charge is 2.44. The minimum atomic E-state index is -3.36. The number of benzene rings is 1. The van der Waals surface area contributed by atoms with Crippen LogP contribution in [0.5, 0.6) is 0 Å². The minimum absolute atomic E-state index is 0.00323. The Balaban J connectivity index is 1.98. The van der Waals surface area contributed by atoms with Crippen LogP contribution in [-0.4, -0.2) is 25.4 Å². The van der Waals surface area contributed by atoms with Crippen LogP contribution in [0.15, 0.2) is 47.2 Å². The quantitative estimate of drug-likeness (QED) is 0.701. The van der Waals surface area contributed by atoms with Crippen molar-refractivity contribution in [3.05, 3.63) is 42.3 Å². The van der Waals surface area contributed by atoms with E-state index in [0.29, 0.717) is 11.4 Å². The number of hydrogen-bond acceptors (Lipinski definition) is 3. The third kappa shape index (κ3) is 1.31. The van der Waals surface area contributed by atoms with E-state index in [1.807, 2.05) is 0 Å². The first-order chi connectivity index (χ1) is 7.18. The van der Waals surface area contributed by atoms with E-state index in [0.717, 1.165) is 5.76 Å². The molecule has 0 bridgehead atoms. The first-order valence-electron chi connectivity index (χ1n) is 4.63. The van der Waals surface area contributed by atoms with E-state index in [1.165, 1.54) is 4.31 Å². The molecule has 0 aliphatic carbocycles. The summed E-state index contributed by atoms with van der Waals surface area (Å²) >= 11 is 0. The molecule has 0 saturated carbocycles. The lowest BCUT2D eigenvalue weighted by Gasteiger charge is -2.16. The molecule has 0 N–H and O–H groups in total. The van der Waals surface area contributed by atoms with Crippen molar-refractivity contribution >= 4 is 10.0 Å². The standard InChI is InChI=1S/C10H9NO3S/c12-15(13,8-4-2-1-3-5-8)11-6-9-10(7-11)14-9/h1-6,10H,7H2. The number of hydrogen-bond donors (Lipinski definition) is 0. The van der Waals surface area contributed by atoms with Gasteiger partial charge in [-0.15, -0.1) is 0 Å². The average molecular weight is 223 g/mol. The van der Waals surface area contributed by atoms with Gasteiger partial charge in [-0.2, -0.15) is 0 Å². The Kier molecular flexibility index (Phi) is 1.62. The number of rotatable bonds is 2. The van der Waals surface area contributed by atoms with Gasteiger partial charge in [0.1, 0.15) is 0 Å². The highest BCUT2D eigenvalue weighted by Crippen LogP contribution is 2.36. The Bertz CT molecular complexity index is 521. The summed E-state index contributed by atoms with van der Waals surface area (Å²) in [4.78, 5) is 0.322. The number of fused-ring (bicyclic) bond motifs is 1. The summed E-state index contributed by atoms with van der Waals surface area (Å²) < 4.78 is 30.5. The molecule has 0 spiro atoms. The van der Waals surface area contributed by atoms with Crippen LogP contribution in [0.2, 0.25) is 0 Å². The van der Waals surface area contributed by atoms with Crippen molar-refractivity contribution in [2.45, 2.75) is 11.0 Å². The Morgan fingerprint density at radius 3 is 2.60 bits per heavy atom. The van der Waals surface area contributed by atoms with Crippen LogP contribution in [-0.2, 0) is 14.8 Å². The zero-order valence-electron chi connectivity index (χ0n) is 7.83. The van der Waals surface area contributed by atoms with Gasteiger partial charge in [0.05, 0.1) is 17.6 Å². The van der Waals surface area contributed by atoms with Gasteiger partial charge in [-0.05, 0) is 12.1 Å². The maximum Gasteiger partial charge on any atom is 0.264 e. The third-order valence-electron chi connectivity index (χ3n) is 2.51. The molecule has 1 aromatic rings. The SMILES string of the molecule is O=S(=O)(c1ccccc1)N1C=C2OC2C1. The zero-order valence-corrected chi connectivity index (χ0v) is 8.65. The summed E-state index contributed by atoms with van der Waals surface area (Å²) in [6.45, 7) is 0.409. The predicted molar refractivity (Wildman–Crippen MR) is 53.3 cm³/mol. The molecule has 1 unspecified atom stereocenters. The van der Waals surface area contributed by atoms with E-state index in [2.05, 4.69) is 0 Å². The monoisotopic (exact) mass is 223 g/mol. The second kappa shape index (κ2) is 2.76. The van der Waals surface area contributed by atoms with Crippen molar-refractivity contribution in [2.24, 2.45) is 0 Å². The molecule has 1 fully saturated rings. The van der Waals surface area contributed by atoms with Gasteiger partial charge in [-0.3, -0.25) is 4.31 Å². The minimum Gasteiger partial charge on any atom is -0.479 e. The summed E-state index contributed by atoms with van der Waals surface area (Å²) in [5, 5.41) is 0. The molecule has 78 valence electrons. The van der Waals surface area contributed by atoms with Crippen LogP contribution < -0.4 is 0 Å². The molecule has 0 amide bonds. The van der Waals surface area contributed by atoms with Crippen LogP contribution in [0.1, 0.15) is 0 Å². The largest absolute Gasteiger partial charge is 0.479 e. The second-order valence-electron chi connectivity index (χ2n) is 3.53. The van der Waals surface area contributed by atoms with Gasteiger partial charge in [-0.25, -0.2) is 8.42 Å². The van der Waals surface area contributed by atoms with Crippen molar-refractivity contribution in [1.82, 2.24) is 4.31 Å². The molecule has 0 radical (unpaired) electrons. The van der Waals surface area contributed by atoms with Gasteiger partial charge in [0.25, 0.3) is 10.0 Å². The fraction of sp³-hybridized carbons (Fsp3) is 0.200. The van der Waals surface area contributed by atoms with Crippen LogP contribution >= 0.6 is 0 Å². The highest BCUT2D eigenvalue weighted by atomic mass is 32.2. The molecular weight excluding hydrogens is 214 g/mol. The smallest absolute Gasteiger partial charge is 0.264 e. The highest BCUT2D eigenvalue weighted by molar-refractivity contribution is 7.89. The molecule has 0 aromatic heterocycles. The molecule has 2 aliphatic rings. The van der Waals surface area contributed by atoms with Crippen molar-refractivity contribution in [3.8, 4) is 0 Å². The molecule has 4 nitrogen and oxygen atoms in total. The van der Waals surface area contributed by atoms with Crippen molar-refractivity contribution in [1.29, 1.82) is 0 Å². The number of nitrogens with zero attached hydrogens (tertiary/aromatic N) is 1. The molecule has 2 aliphatic heterocycles. The molecule has 15 heavy (non-hydrogen) atoms. The molecule has 5 heteroatoms. The zero-order chi connectivity index (χ0) is 10.5. The van der Waals surface area contributed by atoms with E-state index in [-0.39, 0.29) is 6.10 Å². The van der Waals surface area contributed by atoms with Crippen molar-refractivity contribution < 1.29 is 13.2 Å². The normalized spacial score (nSPS) is 23.1. The number of ether oxygens (including phenoxy) is 1. The average Bonchev–Trinajstić information content (AvgIpc) is 2.87. The Morgan fingerprint density at radius 1 is 1.27 bits per heavy atom. The summed E-state index contributed by atoms with van der Waals surface area (Å²) in [7, 11) is -3.36. The van der Waals surface area contributed by atoms with Gasteiger partial charge < -0.3 is 4.74 Å². The lowest BCUT2D eigenvalue weighted by Crippen LogP contribution is -2.26. The van der Waals surface area contributed by atoms with E-state index < -0.39 is 10.0 Å². The van der Waals surface area contributed by atoms with Crippen molar-refractivity contribution in [2.75, 3.05) is 6.54 Å². The van der Waals surface area contributed by atoms with E-state index in [1.54, 1.807) is 36.5 Å². The lowest BCUT2D eigenvalue weighted by molar-refractivity contribution is 0.362. The fourth-order valence-electron chi connectivity index (χ4n) is 1.62. The Labute approximate surface area is 87.8 Å². The van der Waals surface area contributed by atoms with Crippen LogP contribution in [0.25, 0.3) is 0 Å². The molecule has 3 rings (SSSR count). The van der Waals surface area contributed by atoms with Gasteiger partial charge in [0.15, 0.2) is 11.9 Å². The molecular formula is C10H9NO3S. The summed E-state index contributed by atoms with van der Waals surface area (Å²) in [6.07, 6.45) is 1.57. The van der Waals surface area contributed by atoms with Crippen LogP contribution in [0.4, 0.5) is 0 Å². The Hall–Kier alpha value is -1.49. The Morgan fingerprint density at radius 2 is 2.00 bits per heavy atom. The van der Waals surface area contributed by atoms with Crippen LogP contribution in [0, 0.1) is 0 Å². The summed E-state index contributed by atoms with van der Waals surface area (Å²) in [5.41, 5.74) is 0. The summed E-state index contributed by atoms with van der Waals surface area (Å²) in [6, 6.07) is 8.42. The number of epoxide rings is 1.